The molecule has 1 aromatic carbocycles. The summed E-state index contributed by atoms with van der Waals surface area (Å²) >= 11 is 6.26. The Hall–Kier alpha value is -2.05. The quantitative estimate of drug-likeness (QED) is 0.874. The Bertz CT molecular complexity index is 880. The van der Waals surface area contributed by atoms with Gasteiger partial charge in [0.1, 0.15) is 5.82 Å². The molecule has 2 N–H and O–H groups in total. The summed E-state index contributed by atoms with van der Waals surface area (Å²) in [4.78, 5) is 19.7. The van der Waals surface area contributed by atoms with E-state index in [-0.39, 0.29) is 11.4 Å². The van der Waals surface area contributed by atoms with E-state index in [1.165, 1.54) is 0 Å². The number of rotatable bonds is 2. The first-order valence-electron chi connectivity index (χ1n) is 8.95. The van der Waals surface area contributed by atoms with Crippen LogP contribution in [0, 0.1) is 5.41 Å². The maximum Gasteiger partial charge on any atom is 0.264 e. The van der Waals surface area contributed by atoms with E-state index >= 15 is 0 Å². The predicted octanol–water partition coefficient (Wildman–Crippen LogP) is 2.69. The lowest BCUT2D eigenvalue weighted by Crippen LogP contribution is -2.43. The van der Waals surface area contributed by atoms with Crippen molar-refractivity contribution < 1.29 is 4.74 Å². The molecule has 0 amide bonds. The SMILES string of the molecule is Cn1c(N2CCC3(CCOC3)CC2)nc(N)c(-c2ccccc2Cl)c1=O. The zero-order valence-electron chi connectivity index (χ0n) is 14.9. The minimum atomic E-state index is -0.176. The second kappa shape index (κ2) is 6.59. The highest BCUT2D eigenvalue weighted by Crippen LogP contribution is 2.40. The summed E-state index contributed by atoms with van der Waals surface area (Å²) in [7, 11) is 1.74. The Balaban J connectivity index is 1.67. The van der Waals surface area contributed by atoms with Crippen molar-refractivity contribution in [1.29, 1.82) is 0 Å². The van der Waals surface area contributed by atoms with Crippen LogP contribution in [0.25, 0.3) is 11.1 Å². The third-order valence-electron chi connectivity index (χ3n) is 5.73. The molecule has 2 aromatic rings. The van der Waals surface area contributed by atoms with Gasteiger partial charge in [-0.3, -0.25) is 9.36 Å². The second-order valence-electron chi connectivity index (χ2n) is 7.31. The van der Waals surface area contributed by atoms with Crippen LogP contribution in [0.4, 0.5) is 11.8 Å². The predicted molar refractivity (Wildman–Crippen MR) is 104 cm³/mol. The number of piperidine rings is 1. The molecule has 6 nitrogen and oxygen atoms in total. The lowest BCUT2D eigenvalue weighted by Gasteiger charge is -2.39. The van der Waals surface area contributed by atoms with Gasteiger partial charge in [-0.25, -0.2) is 0 Å². The smallest absolute Gasteiger partial charge is 0.264 e. The molecule has 26 heavy (non-hydrogen) atoms. The van der Waals surface area contributed by atoms with Crippen LogP contribution >= 0.6 is 11.6 Å². The Morgan fingerprint density at radius 3 is 2.62 bits per heavy atom. The fraction of sp³-hybridized carbons (Fsp3) is 0.474. The first-order chi connectivity index (χ1) is 12.5. The van der Waals surface area contributed by atoms with Crippen molar-refractivity contribution >= 4 is 23.4 Å². The number of benzene rings is 1. The highest BCUT2D eigenvalue weighted by Gasteiger charge is 2.38. The number of nitrogen functional groups attached to an aromatic ring is 1. The van der Waals surface area contributed by atoms with Gasteiger partial charge in [0.05, 0.1) is 12.2 Å². The standard InChI is InChI=1S/C19H23ClN4O2/c1-23-17(25)15(13-4-2-3-5-14(13)20)16(21)22-18(23)24-9-6-19(7-10-24)8-11-26-12-19/h2-5H,6-12,21H2,1H3. The molecule has 0 radical (unpaired) electrons. The van der Waals surface area contributed by atoms with Gasteiger partial charge in [-0.2, -0.15) is 4.98 Å². The largest absolute Gasteiger partial charge is 0.383 e. The van der Waals surface area contributed by atoms with Gasteiger partial charge in [0.15, 0.2) is 0 Å². The minimum Gasteiger partial charge on any atom is -0.383 e. The zero-order chi connectivity index (χ0) is 18.3. The number of anilines is 2. The molecule has 2 aliphatic rings. The molecule has 2 fully saturated rings. The van der Waals surface area contributed by atoms with Crippen molar-refractivity contribution in [1.82, 2.24) is 9.55 Å². The van der Waals surface area contributed by atoms with Crippen molar-refractivity contribution in [3.8, 4) is 11.1 Å². The van der Waals surface area contributed by atoms with Crippen LogP contribution in [0.5, 0.6) is 0 Å². The molecule has 0 saturated carbocycles. The van der Waals surface area contributed by atoms with E-state index in [0.29, 0.717) is 27.5 Å². The van der Waals surface area contributed by atoms with Crippen LogP contribution in [-0.4, -0.2) is 35.9 Å². The molecule has 2 aliphatic heterocycles. The average molecular weight is 375 g/mol. The van der Waals surface area contributed by atoms with Gasteiger partial charge in [-0.1, -0.05) is 29.8 Å². The molecule has 0 bridgehead atoms. The average Bonchev–Trinajstić information content (AvgIpc) is 3.09. The third-order valence-corrected chi connectivity index (χ3v) is 6.06. The van der Waals surface area contributed by atoms with Gasteiger partial charge in [-0.05, 0) is 30.7 Å². The Morgan fingerprint density at radius 1 is 1.23 bits per heavy atom. The summed E-state index contributed by atoms with van der Waals surface area (Å²) in [5.74, 6) is 0.845. The maximum absolute atomic E-state index is 13.0. The topological polar surface area (TPSA) is 73.4 Å². The molecule has 0 unspecified atom stereocenters. The van der Waals surface area contributed by atoms with E-state index < -0.39 is 0 Å². The first kappa shape index (κ1) is 17.4. The summed E-state index contributed by atoms with van der Waals surface area (Å²) in [5, 5.41) is 0.493. The molecule has 7 heteroatoms. The highest BCUT2D eigenvalue weighted by atomic mass is 35.5. The van der Waals surface area contributed by atoms with E-state index in [9.17, 15) is 4.79 Å². The normalized spacial score (nSPS) is 19.2. The van der Waals surface area contributed by atoms with Crippen LogP contribution in [0.3, 0.4) is 0 Å². The molecular formula is C19H23ClN4O2. The highest BCUT2D eigenvalue weighted by molar-refractivity contribution is 6.33. The monoisotopic (exact) mass is 374 g/mol. The van der Waals surface area contributed by atoms with Gasteiger partial charge in [0.25, 0.3) is 5.56 Å². The van der Waals surface area contributed by atoms with Gasteiger partial charge >= 0.3 is 0 Å². The zero-order valence-corrected chi connectivity index (χ0v) is 15.6. The maximum atomic E-state index is 13.0. The number of hydrogen-bond donors (Lipinski definition) is 1. The summed E-state index contributed by atoms with van der Waals surface area (Å²) in [6, 6.07) is 7.20. The van der Waals surface area contributed by atoms with E-state index in [4.69, 9.17) is 22.1 Å². The molecule has 3 heterocycles. The minimum absolute atomic E-state index is 0.176. The second-order valence-corrected chi connectivity index (χ2v) is 7.71. The molecule has 0 atom stereocenters. The van der Waals surface area contributed by atoms with Crippen molar-refractivity contribution in [2.75, 3.05) is 36.9 Å². The number of halogens is 1. The first-order valence-corrected chi connectivity index (χ1v) is 9.33. The molecular weight excluding hydrogens is 352 g/mol. The molecule has 1 spiro atoms. The van der Waals surface area contributed by atoms with Crippen LogP contribution in [0.1, 0.15) is 19.3 Å². The third kappa shape index (κ3) is 2.87. The van der Waals surface area contributed by atoms with Crippen LogP contribution in [0.2, 0.25) is 5.02 Å². The number of hydrogen-bond acceptors (Lipinski definition) is 5. The van der Waals surface area contributed by atoms with Crippen molar-refractivity contribution in [3.63, 3.8) is 0 Å². The Kier molecular flexibility index (Phi) is 4.40. The lowest BCUT2D eigenvalue weighted by atomic mass is 9.78. The molecule has 2 saturated heterocycles. The Labute approximate surface area is 157 Å². The van der Waals surface area contributed by atoms with Crippen molar-refractivity contribution in [2.45, 2.75) is 19.3 Å². The van der Waals surface area contributed by atoms with Crippen LogP contribution in [-0.2, 0) is 11.8 Å². The lowest BCUT2D eigenvalue weighted by molar-refractivity contribution is 0.133. The van der Waals surface area contributed by atoms with Gasteiger partial charge in [0, 0.05) is 37.3 Å². The summed E-state index contributed by atoms with van der Waals surface area (Å²) < 4.78 is 7.18. The summed E-state index contributed by atoms with van der Waals surface area (Å²) in [6.07, 6.45) is 3.23. The van der Waals surface area contributed by atoms with E-state index in [0.717, 1.165) is 45.6 Å². The molecule has 1 aromatic heterocycles. The fourth-order valence-electron chi connectivity index (χ4n) is 4.03. The number of ether oxygens (including phenoxy) is 1. The summed E-state index contributed by atoms with van der Waals surface area (Å²) in [6.45, 7) is 3.42. The van der Waals surface area contributed by atoms with E-state index in [2.05, 4.69) is 9.88 Å². The van der Waals surface area contributed by atoms with Gasteiger partial charge in [-0.15, -0.1) is 0 Å². The van der Waals surface area contributed by atoms with E-state index in [1.807, 2.05) is 12.1 Å². The van der Waals surface area contributed by atoms with Crippen molar-refractivity contribution in [3.05, 3.63) is 39.6 Å². The Morgan fingerprint density at radius 2 is 1.96 bits per heavy atom. The molecule has 4 rings (SSSR count). The molecule has 0 aliphatic carbocycles. The van der Waals surface area contributed by atoms with Crippen molar-refractivity contribution in [2.24, 2.45) is 12.5 Å². The number of aromatic nitrogens is 2. The summed E-state index contributed by atoms with van der Waals surface area (Å²) in [5.41, 5.74) is 7.29. The van der Waals surface area contributed by atoms with Crippen LogP contribution in [0.15, 0.2) is 29.1 Å². The molecule has 138 valence electrons. The van der Waals surface area contributed by atoms with E-state index in [1.54, 1.807) is 23.7 Å². The number of nitrogens with zero attached hydrogens (tertiary/aromatic N) is 3. The number of nitrogens with two attached hydrogens (primary N) is 1. The van der Waals surface area contributed by atoms with Gasteiger partial charge < -0.3 is 15.4 Å². The van der Waals surface area contributed by atoms with Gasteiger partial charge in [0.2, 0.25) is 5.95 Å². The fourth-order valence-corrected chi connectivity index (χ4v) is 4.26. The van der Waals surface area contributed by atoms with Crippen LogP contribution < -0.4 is 16.2 Å².